The molecule has 0 N–H and O–H groups in total. The van der Waals surface area contributed by atoms with Gasteiger partial charge < -0.3 is 4.90 Å². The maximum atomic E-state index is 13.8. The Morgan fingerprint density at radius 1 is 1.19 bits per heavy atom. The Hall–Kier alpha value is -1.99. The molecule has 0 radical (unpaired) electrons. The van der Waals surface area contributed by atoms with Gasteiger partial charge >= 0.3 is 0 Å². The number of halogens is 1. The number of rotatable bonds is 4. The summed E-state index contributed by atoms with van der Waals surface area (Å²) in [6.45, 7) is 4.32. The summed E-state index contributed by atoms with van der Waals surface area (Å²) in [6.07, 6.45) is 6.08. The molecule has 1 aliphatic heterocycles. The SMILES string of the molecule is CSc1nccc(-c2sc(N3CCC(C)CC3)nc2-c2cccc(F)c2)n1. The topological polar surface area (TPSA) is 41.9 Å². The molecule has 0 atom stereocenters. The summed E-state index contributed by atoms with van der Waals surface area (Å²) >= 11 is 3.14. The lowest BCUT2D eigenvalue weighted by Gasteiger charge is -2.29. The molecule has 0 amide bonds. The number of hydrogen-bond acceptors (Lipinski definition) is 6. The molecule has 140 valence electrons. The van der Waals surface area contributed by atoms with Crippen LogP contribution >= 0.6 is 23.1 Å². The van der Waals surface area contributed by atoms with Crippen LogP contribution < -0.4 is 4.90 Å². The third-order valence-electron chi connectivity index (χ3n) is 4.82. The summed E-state index contributed by atoms with van der Waals surface area (Å²) in [5.41, 5.74) is 2.41. The second-order valence-electron chi connectivity index (χ2n) is 6.78. The standard InChI is InChI=1S/C20H21FN4S2/c1-13-7-10-25(11-8-13)20-24-17(14-4-3-5-15(21)12-14)18(27-20)16-6-9-22-19(23-16)26-2/h3-6,9,12-13H,7-8,10-11H2,1-2H3. The van der Waals surface area contributed by atoms with Crippen LogP contribution in [0.1, 0.15) is 19.8 Å². The van der Waals surface area contributed by atoms with Crippen molar-refractivity contribution in [2.45, 2.75) is 24.9 Å². The second-order valence-corrected chi connectivity index (χ2v) is 8.53. The minimum atomic E-state index is -0.257. The van der Waals surface area contributed by atoms with Crippen molar-refractivity contribution in [1.82, 2.24) is 15.0 Å². The van der Waals surface area contributed by atoms with Crippen molar-refractivity contribution in [1.29, 1.82) is 0 Å². The number of benzene rings is 1. The van der Waals surface area contributed by atoms with Crippen molar-refractivity contribution < 1.29 is 4.39 Å². The molecule has 27 heavy (non-hydrogen) atoms. The van der Waals surface area contributed by atoms with E-state index in [0.717, 1.165) is 51.1 Å². The van der Waals surface area contributed by atoms with Crippen LogP contribution in [0.4, 0.5) is 9.52 Å². The first-order valence-electron chi connectivity index (χ1n) is 9.03. The van der Waals surface area contributed by atoms with Gasteiger partial charge in [0.25, 0.3) is 0 Å². The zero-order valence-electron chi connectivity index (χ0n) is 15.4. The van der Waals surface area contributed by atoms with Gasteiger partial charge in [0.15, 0.2) is 10.3 Å². The van der Waals surface area contributed by atoms with Crippen molar-refractivity contribution in [3.63, 3.8) is 0 Å². The van der Waals surface area contributed by atoms with E-state index in [1.54, 1.807) is 23.6 Å². The molecular formula is C20H21FN4S2. The molecule has 1 aliphatic rings. The van der Waals surface area contributed by atoms with Crippen molar-refractivity contribution >= 4 is 28.2 Å². The molecule has 1 saturated heterocycles. The lowest BCUT2D eigenvalue weighted by molar-refractivity contribution is 0.438. The van der Waals surface area contributed by atoms with Gasteiger partial charge in [0.05, 0.1) is 16.3 Å². The third kappa shape index (κ3) is 3.99. The Kier molecular flexibility index (Phi) is 5.41. The zero-order valence-corrected chi connectivity index (χ0v) is 17.0. The van der Waals surface area contributed by atoms with Crippen LogP contribution in [0, 0.1) is 11.7 Å². The van der Waals surface area contributed by atoms with Crippen LogP contribution in [-0.4, -0.2) is 34.3 Å². The van der Waals surface area contributed by atoms with Gasteiger partial charge in [-0.3, -0.25) is 0 Å². The van der Waals surface area contributed by atoms with Crippen LogP contribution in [-0.2, 0) is 0 Å². The predicted molar refractivity (Wildman–Crippen MR) is 111 cm³/mol. The molecule has 0 unspecified atom stereocenters. The minimum Gasteiger partial charge on any atom is -0.348 e. The lowest BCUT2D eigenvalue weighted by Crippen LogP contribution is -2.32. The van der Waals surface area contributed by atoms with Crippen molar-refractivity contribution in [2.24, 2.45) is 5.92 Å². The highest BCUT2D eigenvalue weighted by Crippen LogP contribution is 2.40. The number of hydrogen-bond donors (Lipinski definition) is 0. The number of nitrogens with zero attached hydrogens (tertiary/aromatic N) is 4. The van der Waals surface area contributed by atoms with E-state index in [-0.39, 0.29) is 5.82 Å². The van der Waals surface area contributed by atoms with Crippen molar-refractivity contribution in [3.8, 4) is 21.8 Å². The molecule has 2 aromatic heterocycles. The van der Waals surface area contributed by atoms with Crippen LogP contribution in [0.25, 0.3) is 21.8 Å². The fourth-order valence-corrected chi connectivity index (χ4v) is 4.68. The van der Waals surface area contributed by atoms with Gasteiger partial charge in [0.2, 0.25) is 0 Å². The molecule has 4 nitrogen and oxygen atoms in total. The Labute approximate surface area is 166 Å². The molecule has 4 rings (SSSR count). The van der Waals surface area contributed by atoms with Gasteiger partial charge in [0, 0.05) is 24.8 Å². The zero-order chi connectivity index (χ0) is 18.8. The van der Waals surface area contributed by atoms with Gasteiger partial charge in [0.1, 0.15) is 5.82 Å². The summed E-state index contributed by atoms with van der Waals surface area (Å²) in [6, 6.07) is 8.53. The Morgan fingerprint density at radius 3 is 2.74 bits per heavy atom. The van der Waals surface area contributed by atoms with Crippen molar-refractivity contribution in [2.75, 3.05) is 24.2 Å². The summed E-state index contributed by atoms with van der Waals surface area (Å²) in [5.74, 6) is 0.502. The van der Waals surface area contributed by atoms with Gasteiger partial charge in [-0.05, 0) is 43.2 Å². The molecule has 0 bridgehead atoms. The quantitative estimate of drug-likeness (QED) is 0.435. The fourth-order valence-electron chi connectivity index (χ4n) is 3.21. The number of thiazole rings is 1. The van der Waals surface area contributed by atoms with Crippen LogP contribution in [0.3, 0.4) is 0 Å². The van der Waals surface area contributed by atoms with Crippen LogP contribution in [0.5, 0.6) is 0 Å². The van der Waals surface area contributed by atoms with Gasteiger partial charge in [-0.1, -0.05) is 42.2 Å². The Balaban J connectivity index is 1.80. The maximum absolute atomic E-state index is 13.8. The molecule has 3 aromatic rings. The van der Waals surface area contributed by atoms with E-state index in [4.69, 9.17) is 4.98 Å². The van der Waals surface area contributed by atoms with Crippen LogP contribution in [0.2, 0.25) is 0 Å². The molecule has 3 heterocycles. The highest BCUT2D eigenvalue weighted by Gasteiger charge is 2.23. The molecule has 0 saturated carbocycles. The Morgan fingerprint density at radius 2 is 2.00 bits per heavy atom. The highest BCUT2D eigenvalue weighted by atomic mass is 32.2. The lowest BCUT2D eigenvalue weighted by atomic mass is 10.00. The minimum absolute atomic E-state index is 0.257. The number of thioether (sulfide) groups is 1. The fraction of sp³-hybridized carbons (Fsp3) is 0.350. The van der Waals surface area contributed by atoms with E-state index in [1.165, 1.54) is 36.7 Å². The van der Waals surface area contributed by atoms with E-state index in [0.29, 0.717) is 0 Å². The first-order chi connectivity index (χ1) is 13.1. The monoisotopic (exact) mass is 400 g/mol. The van der Waals surface area contributed by atoms with Gasteiger partial charge in [-0.25, -0.2) is 19.3 Å². The molecule has 0 aliphatic carbocycles. The molecule has 1 aromatic carbocycles. The normalized spacial score (nSPS) is 15.3. The predicted octanol–water partition coefficient (Wildman–Crippen LogP) is 5.36. The molecule has 0 spiro atoms. The summed E-state index contributed by atoms with van der Waals surface area (Å²) in [5, 5.41) is 1.71. The van der Waals surface area contributed by atoms with E-state index < -0.39 is 0 Å². The maximum Gasteiger partial charge on any atom is 0.187 e. The highest BCUT2D eigenvalue weighted by molar-refractivity contribution is 7.98. The Bertz CT molecular complexity index is 935. The summed E-state index contributed by atoms with van der Waals surface area (Å²) in [7, 11) is 0. The van der Waals surface area contributed by atoms with Crippen molar-refractivity contribution in [3.05, 3.63) is 42.3 Å². The second kappa shape index (κ2) is 7.94. The first-order valence-corrected chi connectivity index (χ1v) is 11.1. The van der Waals surface area contributed by atoms with Crippen LogP contribution in [0.15, 0.2) is 41.7 Å². The third-order valence-corrected chi connectivity index (χ3v) is 6.52. The number of aromatic nitrogens is 3. The summed E-state index contributed by atoms with van der Waals surface area (Å²) < 4.78 is 13.8. The molecule has 7 heteroatoms. The van der Waals surface area contributed by atoms with E-state index in [1.807, 2.05) is 18.4 Å². The molecule has 1 fully saturated rings. The van der Waals surface area contributed by atoms with Gasteiger partial charge in [-0.2, -0.15) is 0 Å². The smallest absolute Gasteiger partial charge is 0.187 e. The average molecular weight is 401 g/mol. The van der Waals surface area contributed by atoms with E-state index in [9.17, 15) is 4.39 Å². The number of anilines is 1. The summed E-state index contributed by atoms with van der Waals surface area (Å²) in [4.78, 5) is 17.1. The van der Waals surface area contributed by atoms with E-state index in [2.05, 4.69) is 21.8 Å². The van der Waals surface area contributed by atoms with E-state index >= 15 is 0 Å². The molecular weight excluding hydrogens is 379 g/mol. The first kappa shape index (κ1) is 18.4. The van der Waals surface area contributed by atoms with Gasteiger partial charge in [-0.15, -0.1) is 0 Å². The largest absolute Gasteiger partial charge is 0.348 e. The average Bonchev–Trinajstić information content (AvgIpc) is 3.14. The number of piperidine rings is 1.